The minimum atomic E-state index is -0.128. The van der Waals surface area contributed by atoms with E-state index in [0.29, 0.717) is 23.4 Å². The maximum absolute atomic E-state index is 12.1. The number of aliphatic hydroxyl groups excluding tert-OH is 1. The Morgan fingerprint density at radius 1 is 1.48 bits per heavy atom. The summed E-state index contributed by atoms with van der Waals surface area (Å²) in [5, 5.41) is 11.6. The number of carbonyl (C=O) groups excluding carboxylic acids is 1. The quantitative estimate of drug-likeness (QED) is 0.814. The Labute approximate surface area is 126 Å². The zero-order chi connectivity index (χ0) is 15.3. The summed E-state index contributed by atoms with van der Waals surface area (Å²) in [5.41, 5.74) is 1.47. The molecule has 4 nitrogen and oxygen atoms in total. The Hall–Kier alpha value is -1.86. The van der Waals surface area contributed by atoms with Gasteiger partial charge in [0.25, 0.3) is 5.91 Å². The third kappa shape index (κ3) is 4.05. The van der Waals surface area contributed by atoms with E-state index >= 15 is 0 Å². The Morgan fingerprint density at radius 3 is 2.76 bits per heavy atom. The van der Waals surface area contributed by atoms with Crippen molar-refractivity contribution < 1.29 is 9.90 Å². The molecule has 21 heavy (non-hydrogen) atoms. The van der Waals surface area contributed by atoms with Gasteiger partial charge in [-0.05, 0) is 36.3 Å². The first-order valence-corrected chi connectivity index (χ1v) is 7.41. The van der Waals surface area contributed by atoms with Crippen molar-refractivity contribution in [2.45, 2.75) is 33.1 Å². The Morgan fingerprint density at radius 2 is 2.24 bits per heavy atom. The molecule has 0 atom stereocenters. The molecule has 1 aliphatic rings. The fraction of sp³-hybridized carbons (Fsp3) is 0.529. The second kappa shape index (κ2) is 6.73. The van der Waals surface area contributed by atoms with Crippen molar-refractivity contribution >= 4 is 5.91 Å². The van der Waals surface area contributed by atoms with Crippen molar-refractivity contribution in [1.29, 1.82) is 0 Å². The fourth-order valence-corrected chi connectivity index (χ4v) is 2.29. The van der Waals surface area contributed by atoms with Crippen molar-refractivity contribution in [3.63, 3.8) is 0 Å². The Balaban J connectivity index is 1.90. The van der Waals surface area contributed by atoms with E-state index in [9.17, 15) is 4.79 Å². The zero-order valence-corrected chi connectivity index (χ0v) is 12.6. The standard InChI is InChI=1S/C17H22N2O2/c1-13(2)17(8-9-17)12-19-16(21)15-7-6-14(11-18-15)5-3-4-10-20/h6-7,11,13,20H,4,8-10,12H2,1-2H3,(H,19,21). The topological polar surface area (TPSA) is 62.2 Å². The summed E-state index contributed by atoms with van der Waals surface area (Å²) in [6, 6.07) is 3.47. The number of rotatable bonds is 5. The molecule has 0 spiro atoms. The van der Waals surface area contributed by atoms with Crippen LogP contribution in [0.2, 0.25) is 0 Å². The van der Waals surface area contributed by atoms with E-state index in [1.54, 1.807) is 18.3 Å². The molecular formula is C17H22N2O2. The molecule has 1 amide bonds. The first-order chi connectivity index (χ1) is 10.1. The van der Waals surface area contributed by atoms with Gasteiger partial charge in [-0.25, -0.2) is 4.98 Å². The first kappa shape index (κ1) is 15.5. The van der Waals surface area contributed by atoms with Crippen molar-refractivity contribution in [2.75, 3.05) is 13.2 Å². The number of aromatic nitrogens is 1. The van der Waals surface area contributed by atoms with E-state index in [4.69, 9.17) is 5.11 Å². The highest BCUT2D eigenvalue weighted by molar-refractivity contribution is 5.92. The van der Waals surface area contributed by atoms with Crippen LogP contribution in [0.4, 0.5) is 0 Å². The predicted octanol–water partition coefficient (Wildman–Crippen LogP) is 1.98. The molecule has 4 heteroatoms. The van der Waals surface area contributed by atoms with Crippen LogP contribution in [0.5, 0.6) is 0 Å². The molecule has 1 aromatic heterocycles. The van der Waals surface area contributed by atoms with Gasteiger partial charge in [0.2, 0.25) is 0 Å². The molecule has 0 unspecified atom stereocenters. The predicted molar refractivity (Wildman–Crippen MR) is 81.7 cm³/mol. The first-order valence-electron chi connectivity index (χ1n) is 7.41. The summed E-state index contributed by atoms with van der Waals surface area (Å²) in [6.45, 7) is 5.19. The van der Waals surface area contributed by atoms with Crippen LogP contribution in [0, 0.1) is 23.2 Å². The Bertz CT molecular complexity index is 548. The highest BCUT2D eigenvalue weighted by Gasteiger charge is 2.45. The van der Waals surface area contributed by atoms with Gasteiger partial charge in [-0.3, -0.25) is 4.79 Å². The molecule has 0 aromatic carbocycles. The lowest BCUT2D eigenvalue weighted by Gasteiger charge is -2.19. The number of hydrogen-bond donors (Lipinski definition) is 2. The molecular weight excluding hydrogens is 264 g/mol. The zero-order valence-electron chi connectivity index (χ0n) is 12.6. The Kier molecular flexibility index (Phi) is 4.98. The minimum Gasteiger partial charge on any atom is -0.395 e. The minimum absolute atomic E-state index is 0.0541. The molecule has 112 valence electrons. The van der Waals surface area contributed by atoms with E-state index in [2.05, 4.69) is 36.0 Å². The van der Waals surface area contributed by atoms with Crippen LogP contribution in [0.1, 0.15) is 49.2 Å². The van der Waals surface area contributed by atoms with Crippen LogP contribution < -0.4 is 5.32 Å². The summed E-state index contributed by atoms with van der Waals surface area (Å²) >= 11 is 0. The molecule has 1 fully saturated rings. The van der Waals surface area contributed by atoms with Crippen molar-refractivity contribution in [1.82, 2.24) is 10.3 Å². The second-order valence-corrected chi connectivity index (χ2v) is 5.91. The van der Waals surface area contributed by atoms with Gasteiger partial charge < -0.3 is 10.4 Å². The summed E-state index contributed by atoms with van der Waals surface area (Å²) in [6.07, 6.45) is 4.42. The summed E-state index contributed by atoms with van der Waals surface area (Å²) in [4.78, 5) is 16.2. The molecule has 1 saturated carbocycles. The van der Waals surface area contributed by atoms with E-state index in [-0.39, 0.29) is 12.5 Å². The number of nitrogens with zero attached hydrogens (tertiary/aromatic N) is 1. The summed E-state index contributed by atoms with van der Waals surface area (Å²) in [5.74, 6) is 6.18. The molecule has 0 saturated heterocycles. The van der Waals surface area contributed by atoms with Crippen molar-refractivity contribution in [3.8, 4) is 11.8 Å². The van der Waals surface area contributed by atoms with Gasteiger partial charge in [0.05, 0.1) is 6.61 Å². The lowest BCUT2D eigenvalue weighted by atomic mass is 9.92. The number of nitrogens with one attached hydrogen (secondary N) is 1. The molecule has 1 aromatic rings. The van der Waals surface area contributed by atoms with Gasteiger partial charge in [-0.15, -0.1) is 0 Å². The number of pyridine rings is 1. The van der Waals surface area contributed by atoms with Gasteiger partial charge in [0.15, 0.2) is 0 Å². The van der Waals surface area contributed by atoms with Crippen LogP contribution in [-0.2, 0) is 0 Å². The van der Waals surface area contributed by atoms with Crippen molar-refractivity contribution in [2.24, 2.45) is 11.3 Å². The van der Waals surface area contributed by atoms with Crippen LogP contribution in [0.3, 0.4) is 0 Å². The highest BCUT2D eigenvalue weighted by atomic mass is 16.2. The molecule has 0 radical (unpaired) electrons. The molecule has 0 aliphatic heterocycles. The maximum Gasteiger partial charge on any atom is 0.269 e. The van der Waals surface area contributed by atoms with Crippen LogP contribution in [0.15, 0.2) is 18.3 Å². The van der Waals surface area contributed by atoms with Crippen LogP contribution in [-0.4, -0.2) is 29.1 Å². The van der Waals surface area contributed by atoms with E-state index in [1.807, 2.05) is 0 Å². The average molecular weight is 286 g/mol. The third-order valence-corrected chi connectivity index (χ3v) is 4.18. The lowest BCUT2D eigenvalue weighted by Crippen LogP contribution is -2.33. The maximum atomic E-state index is 12.1. The summed E-state index contributed by atoms with van der Waals surface area (Å²) in [7, 11) is 0. The lowest BCUT2D eigenvalue weighted by molar-refractivity contribution is 0.0935. The van der Waals surface area contributed by atoms with Gasteiger partial charge >= 0.3 is 0 Å². The molecule has 0 bridgehead atoms. The number of amides is 1. The summed E-state index contributed by atoms with van der Waals surface area (Å²) < 4.78 is 0. The fourth-order valence-electron chi connectivity index (χ4n) is 2.29. The molecule has 2 N–H and O–H groups in total. The third-order valence-electron chi connectivity index (χ3n) is 4.18. The van der Waals surface area contributed by atoms with Gasteiger partial charge in [0, 0.05) is 24.7 Å². The SMILES string of the molecule is CC(C)C1(CNC(=O)c2ccc(C#CCCO)cn2)CC1. The van der Waals surface area contributed by atoms with E-state index < -0.39 is 0 Å². The monoisotopic (exact) mass is 286 g/mol. The van der Waals surface area contributed by atoms with E-state index in [1.165, 1.54) is 12.8 Å². The number of hydrogen-bond acceptors (Lipinski definition) is 3. The van der Waals surface area contributed by atoms with Crippen LogP contribution >= 0.6 is 0 Å². The van der Waals surface area contributed by atoms with Crippen molar-refractivity contribution in [3.05, 3.63) is 29.6 Å². The van der Waals surface area contributed by atoms with Gasteiger partial charge in [-0.2, -0.15) is 0 Å². The van der Waals surface area contributed by atoms with Gasteiger partial charge in [0.1, 0.15) is 5.69 Å². The van der Waals surface area contributed by atoms with Gasteiger partial charge in [-0.1, -0.05) is 25.7 Å². The highest BCUT2D eigenvalue weighted by Crippen LogP contribution is 2.51. The van der Waals surface area contributed by atoms with E-state index in [0.717, 1.165) is 12.1 Å². The smallest absolute Gasteiger partial charge is 0.269 e. The molecule has 1 aliphatic carbocycles. The number of carbonyl (C=O) groups is 1. The molecule has 1 heterocycles. The normalized spacial score (nSPS) is 15.2. The largest absolute Gasteiger partial charge is 0.395 e. The second-order valence-electron chi connectivity index (χ2n) is 5.91. The average Bonchev–Trinajstić information content (AvgIpc) is 3.27. The number of aliphatic hydroxyl groups is 1. The molecule has 2 rings (SSSR count). The van der Waals surface area contributed by atoms with Crippen LogP contribution in [0.25, 0.3) is 0 Å².